The van der Waals surface area contributed by atoms with E-state index >= 15 is 0 Å². The molecule has 0 bridgehead atoms. The molecule has 8 heteroatoms. The molecule has 1 aromatic carbocycles. The van der Waals surface area contributed by atoms with Crippen LogP contribution in [-0.4, -0.2) is 84.3 Å². The smallest absolute Gasteiger partial charge is 0.229 e. The van der Waals surface area contributed by atoms with Crippen LogP contribution in [0, 0.1) is 5.41 Å². The number of anilines is 1. The summed E-state index contributed by atoms with van der Waals surface area (Å²) in [6, 6.07) is 8.68. The zero-order chi connectivity index (χ0) is 26.0. The Kier molecular flexibility index (Phi) is 5.50. The van der Waals surface area contributed by atoms with Gasteiger partial charge in [0.1, 0.15) is 5.52 Å². The number of pyridine rings is 1. The number of morpholine rings is 1. The molecule has 39 heavy (non-hydrogen) atoms. The molecule has 1 unspecified atom stereocenters. The van der Waals surface area contributed by atoms with E-state index in [2.05, 4.69) is 58.2 Å². The third-order valence-corrected chi connectivity index (χ3v) is 9.13. The molecule has 0 radical (unpaired) electrons. The van der Waals surface area contributed by atoms with Gasteiger partial charge in [0.15, 0.2) is 17.2 Å². The maximum absolute atomic E-state index is 6.38. The fraction of sp³-hybridized carbons (Fsp3) is 0.452. The van der Waals surface area contributed by atoms with E-state index in [4.69, 9.17) is 24.1 Å². The topological polar surface area (TPSA) is 70.8 Å². The number of hydrogen-bond donors (Lipinski definition) is 0. The van der Waals surface area contributed by atoms with Crippen LogP contribution in [0.1, 0.15) is 29.5 Å². The van der Waals surface area contributed by atoms with E-state index in [9.17, 15) is 0 Å². The molecule has 8 rings (SSSR count). The van der Waals surface area contributed by atoms with Crippen LogP contribution < -0.4 is 4.90 Å². The Labute approximate surface area is 228 Å². The number of benzene rings is 1. The van der Waals surface area contributed by atoms with Gasteiger partial charge >= 0.3 is 0 Å². The van der Waals surface area contributed by atoms with Crippen LogP contribution >= 0.6 is 0 Å². The fourth-order valence-electron chi connectivity index (χ4n) is 7.15. The molecule has 0 N–H and O–H groups in total. The third kappa shape index (κ3) is 4.04. The number of ether oxygens (including phenoxy) is 1. The summed E-state index contributed by atoms with van der Waals surface area (Å²) in [7, 11) is 2.25. The largest absolute Gasteiger partial charge is 0.432 e. The average molecular weight is 523 g/mol. The maximum atomic E-state index is 6.38. The van der Waals surface area contributed by atoms with Crippen LogP contribution in [0.15, 0.2) is 41.0 Å². The summed E-state index contributed by atoms with van der Waals surface area (Å²) in [5, 5.41) is 0.971. The van der Waals surface area contributed by atoms with Crippen LogP contribution in [0.25, 0.3) is 39.7 Å². The normalized spacial score (nSPS) is 23.7. The summed E-state index contributed by atoms with van der Waals surface area (Å²) in [6.07, 6.45) is 9.95. The van der Waals surface area contributed by atoms with E-state index in [1.165, 1.54) is 49.2 Å². The monoisotopic (exact) mass is 522 g/mol. The number of allylic oxidation sites excluding steroid dienone is 1. The van der Waals surface area contributed by atoms with Crippen LogP contribution in [0.3, 0.4) is 0 Å². The molecule has 4 aromatic rings. The highest BCUT2D eigenvalue weighted by atomic mass is 16.5. The molecule has 3 aromatic heterocycles. The minimum Gasteiger partial charge on any atom is -0.432 e. The van der Waals surface area contributed by atoms with Gasteiger partial charge in [-0.1, -0.05) is 30.4 Å². The molecule has 0 amide bonds. The van der Waals surface area contributed by atoms with Gasteiger partial charge in [-0.3, -0.25) is 4.90 Å². The van der Waals surface area contributed by atoms with Crippen molar-refractivity contribution in [2.24, 2.45) is 5.41 Å². The SMILES string of the molecule is CN1CCC2(CCN(Cc3cnc4oc5c(N6CCOCC6)nc(-c6cccc7c6C=CC7)nc5c4c3)C2)C1. The van der Waals surface area contributed by atoms with Crippen LogP contribution in [-0.2, 0) is 17.7 Å². The molecular formula is C31H34N6O2. The average Bonchev–Trinajstić information content (AvgIpc) is 3.75. The van der Waals surface area contributed by atoms with Gasteiger partial charge < -0.3 is 19.0 Å². The number of aromatic nitrogens is 3. The van der Waals surface area contributed by atoms with Crippen molar-refractivity contribution in [1.82, 2.24) is 24.8 Å². The lowest BCUT2D eigenvalue weighted by atomic mass is 9.86. The fourth-order valence-corrected chi connectivity index (χ4v) is 7.15. The molecule has 1 atom stereocenters. The second kappa shape index (κ2) is 9.11. The number of furan rings is 1. The summed E-state index contributed by atoms with van der Waals surface area (Å²) in [5.41, 5.74) is 7.49. The van der Waals surface area contributed by atoms with E-state index in [1.807, 2.05) is 6.20 Å². The molecule has 1 aliphatic carbocycles. The van der Waals surface area contributed by atoms with Crippen LogP contribution in [0.2, 0.25) is 0 Å². The van der Waals surface area contributed by atoms with Crippen molar-refractivity contribution in [2.75, 3.05) is 64.4 Å². The lowest BCUT2D eigenvalue weighted by molar-refractivity contribution is 0.122. The first-order valence-electron chi connectivity index (χ1n) is 14.3. The Bertz CT molecular complexity index is 1610. The van der Waals surface area contributed by atoms with Gasteiger partial charge in [0.05, 0.1) is 18.6 Å². The standard InChI is InChI=1S/C31H34N6O2/c1-35-10-8-31(19-35)9-11-36(20-31)18-21-16-25-26-27(39-30(25)32-17-21)29(37-12-14-38-15-13-37)34-28(33-26)24-7-3-5-22-4-2-6-23(22)24/h2-3,5-7,16-17H,4,8-15,18-20H2,1H3. The summed E-state index contributed by atoms with van der Waals surface area (Å²) in [6.45, 7) is 8.58. The summed E-state index contributed by atoms with van der Waals surface area (Å²) in [5.74, 6) is 1.58. The van der Waals surface area contributed by atoms with E-state index in [-0.39, 0.29) is 0 Å². The molecule has 4 aliphatic rings. The number of hydrogen-bond acceptors (Lipinski definition) is 8. The van der Waals surface area contributed by atoms with Gasteiger partial charge in [0, 0.05) is 44.5 Å². The van der Waals surface area contributed by atoms with E-state index < -0.39 is 0 Å². The zero-order valence-corrected chi connectivity index (χ0v) is 22.5. The highest BCUT2D eigenvalue weighted by molar-refractivity contribution is 6.05. The van der Waals surface area contributed by atoms with E-state index in [1.54, 1.807) is 0 Å². The van der Waals surface area contributed by atoms with Gasteiger partial charge in [-0.2, -0.15) is 0 Å². The Balaban J connectivity index is 1.21. The first kappa shape index (κ1) is 23.5. The second-order valence-corrected chi connectivity index (χ2v) is 11.9. The Morgan fingerprint density at radius 3 is 2.79 bits per heavy atom. The zero-order valence-electron chi connectivity index (χ0n) is 22.5. The Morgan fingerprint density at radius 1 is 1.03 bits per heavy atom. The van der Waals surface area contributed by atoms with Crippen molar-refractivity contribution in [3.05, 3.63) is 53.2 Å². The number of likely N-dealkylation sites (tertiary alicyclic amines) is 2. The minimum absolute atomic E-state index is 0.466. The number of rotatable bonds is 4. The van der Waals surface area contributed by atoms with Crippen molar-refractivity contribution in [3.63, 3.8) is 0 Å². The second-order valence-electron chi connectivity index (χ2n) is 11.9. The van der Waals surface area contributed by atoms with Crippen LogP contribution in [0.4, 0.5) is 5.82 Å². The molecular weight excluding hydrogens is 488 g/mol. The molecule has 3 saturated heterocycles. The molecule has 200 valence electrons. The molecule has 3 fully saturated rings. The predicted molar refractivity (Wildman–Crippen MR) is 153 cm³/mol. The van der Waals surface area contributed by atoms with Gasteiger partial charge in [0.25, 0.3) is 0 Å². The summed E-state index contributed by atoms with van der Waals surface area (Å²) >= 11 is 0. The quantitative estimate of drug-likeness (QED) is 0.391. The molecule has 8 nitrogen and oxygen atoms in total. The lowest BCUT2D eigenvalue weighted by Gasteiger charge is -2.27. The molecule has 1 spiro atoms. The Hall–Kier alpha value is -3.33. The minimum atomic E-state index is 0.466. The van der Waals surface area contributed by atoms with Crippen LogP contribution in [0.5, 0.6) is 0 Å². The number of fused-ring (bicyclic) bond motifs is 4. The van der Waals surface area contributed by atoms with Gasteiger partial charge in [-0.05, 0) is 67.6 Å². The van der Waals surface area contributed by atoms with Crippen molar-refractivity contribution < 1.29 is 9.15 Å². The van der Waals surface area contributed by atoms with Crippen molar-refractivity contribution in [1.29, 1.82) is 0 Å². The highest BCUT2D eigenvalue weighted by Crippen LogP contribution is 2.40. The number of nitrogens with zero attached hydrogens (tertiary/aromatic N) is 6. The molecule has 3 aliphatic heterocycles. The Morgan fingerprint density at radius 2 is 1.92 bits per heavy atom. The van der Waals surface area contributed by atoms with Crippen molar-refractivity contribution >= 4 is 34.1 Å². The van der Waals surface area contributed by atoms with Gasteiger partial charge in [-0.25, -0.2) is 15.0 Å². The van der Waals surface area contributed by atoms with E-state index in [0.29, 0.717) is 24.3 Å². The predicted octanol–water partition coefficient (Wildman–Crippen LogP) is 4.37. The van der Waals surface area contributed by atoms with Gasteiger partial charge in [-0.15, -0.1) is 0 Å². The summed E-state index contributed by atoms with van der Waals surface area (Å²) < 4.78 is 12.0. The maximum Gasteiger partial charge on any atom is 0.229 e. The molecule has 6 heterocycles. The lowest BCUT2D eigenvalue weighted by Crippen LogP contribution is -2.37. The summed E-state index contributed by atoms with van der Waals surface area (Å²) in [4.78, 5) is 22.4. The molecule has 0 saturated carbocycles. The first-order valence-corrected chi connectivity index (χ1v) is 14.3. The van der Waals surface area contributed by atoms with E-state index in [0.717, 1.165) is 66.3 Å². The first-order chi connectivity index (χ1) is 19.1. The van der Waals surface area contributed by atoms with Crippen molar-refractivity contribution in [2.45, 2.75) is 25.8 Å². The van der Waals surface area contributed by atoms with Gasteiger partial charge in [0.2, 0.25) is 5.71 Å². The highest BCUT2D eigenvalue weighted by Gasteiger charge is 2.42. The third-order valence-electron chi connectivity index (χ3n) is 9.13. The van der Waals surface area contributed by atoms with Crippen molar-refractivity contribution in [3.8, 4) is 11.4 Å².